The molecule has 0 aromatic heterocycles. The molecule has 10 heteroatoms. The summed E-state index contributed by atoms with van der Waals surface area (Å²) in [7, 11) is 0. The number of thiocarbonyl (C=S) groups is 2. The standard InChI is InChI=1S/C18H18N8S2/c19-23-17(27)25-21-9-15-11-5-1-2-6-12(11)16(10-22-26-18(28)24-20)14-8-4-3-7-13(14)15/h1-10H,19-20H2,(H2,23,25,27)(H2,24,26,28)/b21-9+,22-10+. The van der Waals surface area contributed by atoms with Crippen LogP contribution >= 0.6 is 24.4 Å². The summed E-state index contributed by atoms with van der Waals surface area (Å²) < 4.78 is 0. The Morgan fingerprint density at radius 1 is 0.679 bits per heavy atom. The van der Waals surface area contributed by atoms with Crippen LogP contribution in [0.25, 0.3) is 21.5 Å². The van der Waals surface area contributed by atoms with Gasteiger partial charge in [-0.3, -0.25) is 21.7 Å². The van der Waals surface area contributed by atoms with E-state index in [0.29, 0.717) is 0 Å². The smallest absolute Gasteiger partial charge is 0.201 e. The molecule has 3 aromatic rings. The van der Waals surface area contributed by atoms with Gasteiger partial charge in [-0.25, -0.2) is 11.7 Å². The minimum absolute atomic E-state index is 0.226. The molecule has 0 radical (unpaired) electrons. The summed E-state index contributed by atoms with van der Waals surface area (Å²) in [5.41, 5.74) is 11.9. The van der Waals surface area contributed by atoms with Crippen LogP contribution in [0.3, 0.4) is 0 Å². The number of hydrazine groups is 2. The molecular formula is C18H18N8S2. The molecule has 0 saturated carbocycles. The lowest BCUT2D eigenvalue weighted by Crippen LogP contribution is -2.37. The third-order valence-corrected chi connectivity index (χ3v) is 4.41. The van der Waals surface area contributed by atoms with Crippen LogP contribution in [-0.4, -0.2) is 22.7 Å². The molecule has 0 spiro atoms. The molecule has 3 aromatic carbocycles. The molecule has 0 bridgehead atoms. The number of benzene rings is 3. The third kappa shape index (κ3) is 4.21. The van der Waals surface area contributed by atoms with Gasteiger partial charge in [0, 0.05) is 11.1 Å². The Hall–Kier alpha value is -3.18. The van der Waals surface area contributed by atoms with Gasteiger partial charge >= 0.3 is 0 Å². The maximum absolute atomic E-state index is 5.26. The van der Waals surface area contributed by atoms with Gasteiger partial charge in [-0.2, -0.15) is 10.2 Å². The largest absolute Gasteiger partial charge is 0.300 e. The summed E-state index contributed by atoms with van der Waals surface area (Å²) >= 11 is 9.90. The number of fused-ring (bicyclic) bond motifs is 2. The van der Waals surface area contributed by atoms with Gasteiger partial charge in [0.2, 0.25) is 10.2 Å². The van der Waals surface area contributed by atoms with Crippen molar-refractivity contribution in [2.24, 2.45) is 21.9 Å². The Kier molecular flexibility index (Phi) is 6.40. The predicted molar refractivity (Wildman–Crippen MR) is 123 cm³/mol. The number of hydrogen-bond acceptors (Lipinski definition) is 6. The molecule has 3 rings (SSSR count). The average Bonchev–Trinajstić information content (AvgIpc) is 2.74. The van der Waals surface area contributed by atoms with Crippen molar-refractivity contribution < 1.29 is 0 Å². The summed E-state index contributed by atoms with van der Waals surface area (Å²) in [6.45, 7) is 0. The zero-order valence-corrected chi connectivity index (χ0v) is 16.3. The van der Waals surface area contributed by atoms with Crippen LogP contribution in [0.15, 0.2) is 58.7 Å². The van der Waals surface area contributed by atoms with Crippen LogP contribution in [-0.2, 0) is 0 Å². The lowest BCUT2D eigenvalue weighted by molar-refractivity contribution is 0.930. The van der Waals surface area contributed by atoms with E-state index >= 15 is 0 Å². The summed E-state index contributed by atoms with van der Waals surface area (Å²) in [4.78, 5) is 0. The number of hydrazone groups is 2. The molecule has 0 saturated heterocycles. The molecule has 0 heterocycles. The molecule has 0 aliphatic heterocycles. The lowest BCUT2D eigenvalue weighted by Gasteiger charge is -2.12. The van der Waals surface area contributed by atoms with Crippen LogP contribution in [0, 0.1) is 0 Å². The second-order valence-corrected chi connectivity index (χ2v) is 6.42. The fraction of sp³-hybridized carbons (Fsp3) is 0. The maximum atomic E-state index is 5.26. The first-order valence-corrected chi connectivity index (χ1v) is 9.00. The van der Waals surface area contributed by atoms with Crippen molar-refractivity contribution in [3.05, 3.63) is 59.7 Å². The zero-order chi connectivity index (χ0) is 19.9. The van der Waals surface area contributed by atoms with Gasteiger partial charge in [-0.05, 0) is 46.0 Å². The van der Waals surface area contributed by atoms with Crippen LogP contribution < -0.4 is 33.4 Å². The van der Waals surface area contributed by atoms with E-state index in [9.17, 15) is 0 Å². The summed E-state index contributed by atoms with van der Waals surface area (Å²) in [5.74, 6) is 10.5. The van der Waals surface area contributed by atoms with E-state index in [-0.39, 0.29) is 10.2 Å². The fourth-order valence-corrected chi connectivity index (χ4v) is 2.95. The highest BCUT2D eigenvalue weighted by Crippen LogP contribution is 2.31. The highest BCUT2D eigenvalue weighted by atomic mass is 32.1. The maximum Gasteiger partial charge on any atom is 0.201 e. The number of nitrogens with one attached hydrogen (secondary N) is 4. The number of rotatable bonds is 4. The van der Waals surface area contributed by atoms with Gasteiger partial charge < -0.3 is 0 Å². The van der Waals surface area contributed by atoms with Gasteiger partial charge in [0.05, 0.1) is 12.4 Å². The molecule has 0 aliphatic rings. The minimum Gasteiger partial charge on any atom is -0.300 e. The van der Waals surface area contributed by atoms with Crippen molar-refractivity contribution in [3.63, 3.8) is 0 Å². The van der Waals surface area contributed by atoms with E-state index < -0.39 is 0 Å². The van der Waals surface area contributed by atoms with Crippen molar-refractivity contribution in [2.75, 3.05) is 0 Å². The second kappa shape index (κ2) is 9.15. The molecule has 0 atom stereocenters. The summed E-state index contributed by atoms with van der Waals surface area (Å²) in [5, 5.41) is 12.9. The van der Waals surface area contributed by atoms with Crippen molar-refractivity contribution >= 4 is 68.6 Å². The number of nitrogens with zero attached hydrogens (tertiary/aromatic N) is 2. The van der Waals surface area contributed by atoms with Gasteiger partial charge in [-0.1, -0.05) is 48.5 Å². The van der Waals surface area contributed by atoms with Crippen LogP contribution in [0.1, 0.15) is 11.1 Å². The first kappa shape index (κ1) is 19.6. The predicted octanol–water partition coefficient (Wildman–Crippen LogP) is 1.34. The molecule has 8 nitrogen and oxygen atoms in total. The van der Waals surface area contributed by atoms with E-state index in [4.69, 9.17) is 36.1 Å². The Morgan fingerprint density at radius 2 is 1.00 bits per heavy atom. The van der Waals surface area contributed by atoms with Crippen molar-refractivity contribution in [2.45, 2.75) is 0 Å². The summed E-state index contributed by atoms with van der Waals surface area (Å²) in [6.07, 6.45) is 3.45. The van der Waals surface area contributed by atoms with Crippen molar-refractivity contribution in [1.82, 2.24) is 21.7 Å². The molecule has 142 valence electrons. The van der Waals surface area contributed by atoms with E-state index in [0.717, 1.165) is 32.7 Å². The topological polar surface area (TPSA) is 125 Å². The lowest BCUT2D eigenvalue weighted by atomic mass is 9.92. The summed E-state index contributed by atoms with van der Waals surface area (Å²) in [6, 6.07) is 16.0. The van der Waals surface area contributed by atoms with Crippen LogP contribution in [0.4, 0.5) is 0 Å². The van der Waals surface area contributed by atoms with E-state index in [1.807, 2.05) is 48.5 Å². The molecule has 0 amide bonds. The molecule has 0 aliphatic carbocycles. The van der Waals surface area contributed by atoms with E-state index in [1.165, 1.54) is 0 Å². The molecule has 28 heavy (non-hydrogen) atoms. The van der Waals surface area contributed by atoms with Crippen molar-refractivity contribution in [1.29, 1.82) is 0 Å². The Morgan fingerprint density at radius 3 is 1.29 bits per heavy atom. The zero-order valence-electron chi connectivity index (χ0n) is 14.6. The monoisotopic (exact) mass is 410 g/mol. The highest BCUT2D eigenvalue weighted by molar-refractivity contribution is 7.80. The minimum atomic E-state index is 0.226. The van der Waals surface area contributed by atoms with Gasteiger partial charge in [0.15, 0.2) is 0 Å². The Labute approximate surface area is 172 Å². The van der Waals surface area contributed by atoms with Crippen LogP contribution in [0.5, 0.6) is 0 Å². The fourth-order valence-electron chi connectivity index (χ4n) is 2.85. The molecular weight excluding hydrogens is 392 g/mol. The quantitative estimate of drug-likeness (QED) is 0.125. The normalized spacial score (nSPS) is 11.2. The van der Waals surface area contributed by atoms with Crippen LogP contribution in [0.2, 0.25) is 0 Å². The Balaban J connectivity index is 2.18. The highest BCUT2D eigenvalue weighted by Gasteiger charge is 2.11. The van der Waals surface area contributed by atoms with Gasteiger partial charge in [0.1, 0.15) is 0 Å². The molecule has 0 unspecified atom stereocenters. The first-order valence-electron chi connectivity index (χ1n) is 8.18. The first-order chi connectivity index (χ1) is 13.7. The van der Waals surface area contributed by atoms with Crippen molar-refractivity contribution in [3.8, 4) is 0 Å². The Bertz CT molecular complexity index is 951. The molecule has 8 N–H and O–H groups in total. The number of nitrogens with two attached hydrogens (primary N) is 2. The van der Waals surface area contributed by atoms with Gasteiger partial charge in [0.25, 0.3) is 0 Å². The third-order valence-electron chi connectivity index (χ3n) is 4.00. The van der Waals surface area contributed by atoms with Gasteiger partial charge in [-0.15, -0.1) is 0 Å². The number of hydrogen-bond donors (Lipinski definition) is 6. The molecule has 0 fully saturated rings. The SMILES string of the molecule is NNC(=S)N/N=C/c1c2ccccc2c(/C=N/NC(=S)NN)c2ccccc12. The van der Waals surface area contributed by atoms with E-state index in [2.05, 4.69) is 31.9 Å². The average molecular weight is 411 g/mol. The second-order valence-electron chi connectivity index (χ2n) is 5.61. The van der Waals surface area contributed by atoms with E-state index in [1.54, 1.807) is 12.4 Å².